The number of rotatable bonds is 9. The standard InChI is InChI=1S/C16H21N3O2S.C9H12O2.C8H11ClN2S/c1-3-21-15(20)14-8-12(2)9-19(14)10-13-11-22-16(17-13)18-6-4-5-7-18;1-3-11-9(10)8-5-4-7(2)6-8;9-5-7-6-12-8(10-7)11-3-1-2-4-11/h8-9,11H,3-7,10H2,1-2H3;4,6H,3,5H2,1-2H3;6H,1-5H2. The van der Waals surface area contributed by atoms with Crippen LogP contribution in [0.15, 0.2) is 46.3 Å². The molecule has 0 saturated carbocycles. The minimum absolute atomic E-state index is 0.180. The van der Waals surface area contributed by atoms with Crippen molar-refractivity contribution >= 4 is 56.5 Å². The van der Waals surface area contributed by atoms with Gasteiger partial charge in [-0.2, -0.15) is 0 Å². The maximum Gasteiger partial charge on any atom is 0.354 e. The Balaban J connectivity index is 0.000000169. The van der Waals surface area contributed by atoms with Gasteiger partial charge in [0.1, 0.15) is 5.69 Å². The van der Waals surface area contributed by atoms with Crippen LogP contribution in [0.5, 0.6) is 0 Å². The van der Waals surface area contributed by atoms with E-state index in [0.717, 1.165) is 71.0 Å². The third kappa shape index (κ3) is 10.2. The van der Waals surface area contributed by atoms with Crippen molar-refractivity contribution in [2.75, 3.05) is 49.2 Å². The average Bonchev–Trinajstić information content (AvgIpc) is 3.87. The van der Waals surface area contributed by atoms with Crippen molar-refractivity contribution in [3.05, 3.63) is 69.0 Å². The summed E-state index contributed by atoms with van der Waals surface area (Å²) in [6.45, 7) is 13.6. The molecular weight excluding hydrogens is 630 g/mol. The SMILES string of the molecule is CCOC(=O)C1=CC(C)=CC1.CCOC(=O)c1cc(C)cn1Cc1csc(N2CCCC2)n1.ClCc1csc(N2CCCC2)n1. The summed E-state index contributed by atoms with van der Waals surface area (Å²) in [4.78, 5) is 36.9. The second kappa shape index (κ2) is 17.5. The molecule has 0 radical (unpaired) electrons. The van der Waals surface area contributed by atoms with E-state index in [-0.39, 0.29) is 11.9 Å². The normalized spacial score (nSPS) is 15.6. The number of hydrogen-bond donors (Lipinski definition) is 0. The highest BCUT2D eigenvalue weighted by Gasteiger charge is 2.18. The first-order valence-corrected chi connectivity index (χ1v) is 17.9. The van der Waals surface area contributed by atoms with E-state index in [1.54, 1.807) is 22.7 Å². The Hall–Kier alpha value is -3.15. The summed E-state index contributed by atoms with van der Waals surface area (Å²) in [5, 5.41) is 6.36. The van der Waals surface area contributed by atoms with Gasteiger partial charge in [0.15, 0.2) is 10.3 Å². The molecule has 0 amide bonds. The minimum atomic E-state index is -0.273. The number of alkyl halides is 1. The van der Waals surface area contributed by atoms with Gasteiger partial charge >= 0.3 is 11.9 Å². The molecule has 3 aliphatic rings. The number of carbonyl (C=O) groups is 2. The Bertz CT molecular complexity index is 1460. The van der Waals surface area contributed by atoms with Crippen LogP contribution in [-0.4, -0.2) is 65.9 Å². The van der Waals surface area contributed by atoms with Crippen molar-refractivity contribution in [3.63, 3.8) is 0 Å². The number of anilines is 2. The van der Waals surface area contributed by atoms with Crippen LogP contribution < -0.4 is 9.80 Å². The van der Waals surface area contributed by atoms with Crippen molar-refractivity contribution in [3.8, 4) is 0 Å². The van der Waals surface area contributed by atoms with Gasteiger partial charge < -0.3 is 23.8 Å². The zero-order valence-corrected chi connectivity index (χ0v) is 29.1. The Morgan fingerprint density at radius 3 is 1.93 bits per heavy atom. The van der Waals surface area contributed by atoms with Gasteiger partial charge in [-0.3, -0.25) is 0 Å². The summed E-state index contributed by atoms with van der Waals surface area (Å²) in [6.07, 6.45) is 11.7. The van der Waals surface area contributed by atoms with Crippen LogP contribution in [0, 0.1) is 6.92 Å². The Kier molecular flexibility index (Phi) is 13.5. The van der Waals surface area contributed by atoms with Gasteiger partial charge in [0.05, 0.1) is 37.0 Å². The summed E-state index contributed by atoms with van der Waals surface area (Å²) in [7, 11) is 0. The molecule has 3 aromatic heterocycles. The van der Waals surface area contributed by atoms with Gasteiger partial charge in [-0.1, -0.05) is 11.6 Å². The number of aryl methyl sites for hydroxylation is 1. The lowest BCUT2D eigenvalue weighted by Crippen LogP contribution is -2.17. The molecule has 9 nitrogen and oxygen atoms in total. The molecule has 0 aromatic carbocycles. The predicted octanol–water partition coefficient (Wildman–Crippen LogP) is 7.39. The van der Waals surface area contributed by atoms with Gasteiger partial charge in [0, 0.05) is 48.7 Å². The number of carbonyl (C=O) groups excluding carboxylic acids is 2. The van der Waals surface area contributed by atoms with Gasteiger partial charge in [0.25, 0.3) is 0 Å². The molecule has 244 valence electrons. The van der Waals surface area contributed by atoms with Crippen LogP contribution in [0.4, 0.5) is 10.3 Å². The third-order valence-electron chi connectivity index (χ3n) is 7.40. The van der Waals surface area contributed by atoms with Gasteiger partial charge in [-0.25, -0.2) is 19.6 Å². The molecule has 2 fully saturated rings. The van der Waals surface area contributed by atoms with Crippen LogP contribution in [-0.2, 0) is 26.7 Å². The topological polar surface area (TPSA) is 89.8 Å². The maximum atomic E-state index is 12.0. The largest absolute Gasteiger partial charge is 0.463 e. The average molecular weight is 674 g/mol. The lowest BCUT2D eigenvalue weighted by molar-refractivity contribution is -0.138. The summed E-state index contributed by atoms with van der Waals surface area (Å²) >= 11 is 9.06. The summed E-state index contributed by atoms with van der Waals surface area (Å²) < 4.78 is 11.9. The molecule has 0 bridgehead atoms. The molecular formula is C33H44ClN5O4S2. The maximum absolute atomic E-state index is 12.0. The molecule has 3 aromatic rings. The minimum Gasteiger partial charge on any atom is -0.463 e. The number of thiazole rings is 2. The summed E-state index contributed by atoms with van der Waals surface area (Å²) in [5.41, 5.74) is 5.56. The van der Waals surface area contributed by atoms with Crippen molar-refractivity contribution in [1.29, 1.82) is 0 Å². The van der Waals surface area contributed by atoms with E-state index >= 15 is 0 Å². The Labute approximate surface area is 279 Å². The zero-order chi connectivity index (χ0) is 32.2. The van der Waals surface area contributed by atoms with E-state index in [0.29, 0.717) is 31.3 Å². The van der Waals surface area contributed by atoms with Gasteiger partial charge in [-0.05, 0) is 77.5 Å². The highest BCUT2D eigenvalue weighted by Crippen LogP contribution is 2.26. The highest BCUT2D eigenvalue weighted by molar-refractivity contribution is 7.14. The molecule has 0 atom stereocenters. The van der Waals surface area contributed by atoms with Crippen LogP contribution in [0.25, 0.3) is 0 Å². The molecule has 2 saturated heterocycles. The quantitative estimate of drug-likeness (QED) is 0.172. The molecule has 45 heavy (non-hydrogen) atoms. The monoisotopic (exact) mass is 673 g/mol. The first-order valence-electron chi connectivity index (χ1n) is 15.6. The fourth-order valence-electron chi connectivity index (χ4n) is 5.20. The number of allylic oxidation sites excluding steroid dienone is 3. The second-order valence-corrected chi connectivity index (χ2v) is 13.0. The van der Waals surface area contributed by atoms with E-state index in [4.69, 9.17) is 26.1 Å². The number of aromatic nitrogens is 3. The second-order valence-electron chi connectivity index (χ2n) is 11.1. The molecule has 2 aliphatic heterocycles. The molecule has 0 unspecified atom stereocenters. The first-order chi connectivity index (χ1) is 21.8. The van der Waals surface area contributed by atoms with Crippen LogP contribution >= 0.6 is 34.3 Å². The molecule has 1 aliphatic carbocycles. The van der Waals surface area contributed by atoms with Crippen molar-refractivity contribution in [2.24, 2.45) is 0 Å². The smallest absolute Gasteiger partial charge is 0.354 e. The number of esters is 2. The molecule has 6 rings (SSSR count). The van der Waals surface area contributed by atoms with Crippen LogP contribution in [0.2, 0.25) is 0 Å². The summed E-state index contributed by atoms with van der Waals surface area (Å²) in [5.74, 6) is 0.0795. The van der Waals surface area contributed by atoms with Gasteiger partial charge in [0.2, 0.25) is 0 Å². The lowest BCUT2D eigenvalue weighted by atomic mass is 10.2. The van der Waals surface area contributed by atoms with Crippen LogP contribution in [0.1, 0.15) is 80.3 Å². The van der Waals surface area contributed by atoms with Crippen molar-refractivity contribution < 1.29 is 19.1 Å². The third-order valence-corrected chi connectivity index (χ3v) is 9.58. The van der Waals surface area contributed by atoms with Crippen LogP contribution in [0.3, 0.4) is 0 Å². The number of nitrogens with zero attached hydrogens (tertiary/aromatic N) is 5. The van der Waals surface area contributed by atoms with E-state index in [1.165, 1.54) is 25.7 Å². The highest BCUT2D eigenvalue weighted by atomic mass is 35.5. The number of halogens is 1. The van der Waals surface area contributed by atoms with E-state index in [1.807, 2.05) is 62.1 Å². The molecule has 0 N–H and O–H groups in total. The fourth-order valence-corrected chi connectivity index (χ4v) is 7.18. The van der Waals surface area contributed by atoms with E-state index in [2.05, 4.69) is 20.2 Å². The van der Waals surface area contributed by atoms with E-state index < -0.39 is 0 Å². The lowest BCUT2D eigenvalue weighted by Gasteiger charge is -2.12. The number of hydrogen-bond acceptors (Lipinski definition) is 10. The molecule has 12 heteroatoms. The predicted molar refractivity (Wildman–Crippen MR) is 184 cm³/mol. The first kappa shape index (κ1) is 34.7. The Morgan fingerprint density at radius 2 is 1.42 bits per heavy atom. The number of ether oxygens (including phenoxy) is 2. The van der Waals surface area contributed by atoms with Gasteiger partial charge in [-0.15, -0.1) is 34.3 Å². The fraction of sp³-hybridized carbons (Fsp3) is 0.515. The molecule has 5 heterocycles. The van der Waals surface area contributed by atoms with Crippen molar-refractivity contribution in [1.82, 2.24) is 14.5 Å². The van der Waals surface area contributed by atoms with E-state index in [9.17, 15) is 9.59 Å². The Morgan fingerprint density at radius 1 is 0.867 bits per heavy atom. The summed E-state index contributed by atoms with van der Waals surface area (Å²) in [6, 6.07) is 1.87. The van der Waals surface area contributed by atoms with Crippen molar-refractivity contribution in [2.45, 2.75) is 72.2 Å². The zero-order valence-electron chi connectivity index (χ0n) is 26.7. The molecule has 0 spiro atoms.